The summed E-state index contributed by atoms with van der Waals surface area (Å²) in [6, 6.07) is 8.18. The molecule has 1 N–H and O–H groups in total. The summed E-state index contributed by atoms with van der Waals surface area (Å²) in [6.07, 6.45) is 0.595. The first-order valence-electron chi connectivity index (χ1n) is 5.77. The number of carbonyl (C=O) groups is 1. The van der Waals surface area contributed by atoms with Gasteiger partial charge in [-0.25, -0.2) is 4.98 Å². The van der Waals surface area contributed by atoms with Crippen molar-refractivity contribution in [2.45, 2.75) is 32.7 Å². The number of para-hydroxylation sites is 2. The number of carboxylic acid groups (broad SMARTS) is 1. The molecular weight excluding hydrogens is 216 g/mol. The highest BCUT2D eigenvalue weighted by atomic mass is 16.4. The van der Waals surface area contributed by atoms with Gasteiger partial charge in [-0.05, 0) is 26.0 Å². The van der Waals surface area contributed by atoms with Crippen LogP contribution in [0.5, 0.6) is 0 Å². The van der Waals surface area contributed by atoms with Gasteiger partial charge in [0, 0.05) is 12.5 Å². The van der Waals surface area contributed by atoms with Gasteiger partial charge in [0.1, 0.15) is 5.82 Å². The second-order valence-electron chi connectivity index (χ2n) is 4.37. The van der Waals surface area contributed by atoms with Crippen molar-refractivity contribution in [2.75, 3.05) is 0 Å². The maximum Gasteiger partial charge on any atom is 0.303 e. The van der Waals surface area contributed by atoms with E-state index in [1.807, 2.05) is 24.3 Å². The van der Waals surface area contributed by atoms with Crippen LogP contribution in [0.4, 0.5) is 0 Å². The van der Waals surface area contributed by atoms with Crippen LogP contribution in [0.25, 0.3) is 11.0 Å². The zero-order valence-electron chi connectivity index (χ0n) is 10.1. The van der Waals surface area contributed by atoms with Crippen molar-refractivity contribution < 1.29 is 9.90 Å². The summed E-state index contributed by atoms with van der Waals surface area (Å²) < 4.78 is 2.11. The lowest BCUT2D eigenvalue weighted by atomic mass is 10.2. The molecule has 0 radical (unpaired) electrons. The average molecular weight is 232 g/mol. The van der Waals surface area contributed by atoms with Crippen LogP contribution in [-0.2, 0) is 11.2 Å². The number of aromatic nitrogens is 2. The zero-order valence-corrected chi connectivity index (χ0v) is 10.1. The molecule has 0 saturated heterocycles. The Balaban J connectivity index is 2.46. The minimum atomic E-state index is -0.785. The smallest absolute Gasteiger partial charge is 0.303 e. The fourth-order valence-electron chi connectivity index (χ4n) is 2.07. The first-order valence-corrected chi connectivity index (χ1v) is 5.77. The van der Waals surface area contributed by atoms with E-state index in [0.717, 1.165) is 16.9 Å². The third kappa shape index (κ3) is 2.30. The normalized spacial score (nSPS) is 11.2. The first-order chi connectivity index (χ1) is 8.09. The molecule has 0 bridgehead atoms. The van der Waals surface area contributed by atoms with Crippen molar-refractivity contribution in [3.63, 3.8) is 0 Å². The van der Waals surface area contributed by atoms with Crippen molar-refractivity contribution in [2.24, 2.45) is 0 Å². The summed E-state index contributed by atoms with van der Waals surface area (Å²) in [6.45, 7) is 4.16. The highest BCUT2D eigenvalue weighted by Gasteiger charge is 2.13. The number of benzene rings is 1. The molecule has 1 aromatic heterocycles. The number of nitrogens with zero attached hydrogens (tertiary/aromatic N) is 2. The van der Waals surface area contributed by atoms with Gasteiger partial charge in [0.25, 0.3) is 0 Å². The van der Waals surface area contributed by atoms with E-state index in [-0.39, 0.29) is 12.5 Å². The number of aryl methyl sites for hydroxylation is 1. The summed E-state index contributed by atoms with van der Waals surface area (Å²) in [5.74, 6) is 0.0657. The van der Waals surface area contributed by atoms with Gasteiger partial charge in [0.05, 0.1) is 17.5 Å². The number of carboxylic acids is 1. The summed E-state index contributed by atoms with van der Waals surface area (Å²) in [5, 5.41) is 8.74. The molecule has 0 aliphatic heterocycles. The largest absolute Gasteiger partial charge is 0.481 e. The topological polar surface area (TPSA) is 55.1 Å². The Kier molecular flexibility index (Phi) is 3.13. The molecule has 4 nitrogen and oxygen atoms in total. The number of aliphatic carboxylic acids is 1. The number of hydrogen-bond donors (Lipinski definition) is 1. The van der Waals surface area contributed by atoms with Gasteiger partial charge >= 0.3 is 5.97 Å². The van der Waals surface area contributed by atoms with Gasteiger partial charge in [0.2, 0.25) is 0 Å². The molecule has 0 saturated carbocycles. The summed E-state index contributed by atoms with van der Waals surface area (Å²) >= 11 is 0. The molecule has 2 rings (SSSR count). The van der Waals surface area contributed by atoms with Crippen LogP contribution < -0.4 is 0 Å². The number of fused-ring (bicyclic) bond motifs is 1. The molecule has 0 amide bonds. The Hall–Kier alpha value is -1.84. The number of imidazole rings is 1. The Morgan fingerprint density at radius 2 is 2.12 bits per heavy atom. The van der Waals surface area contributed by atoms with Crippen LogP contribution in [0.1, 0.15) is 32.1 Å². The molecule has 0 aliphatic rings. The Bertz CT molecular complexity index is 543. The van der Waals surface area contributed by atoms with E-state index >= 15 is 0 Å². The van der Waals surface area contributed by atoms with Gasteiger partial charge < -0.3 is 9.67 Å². The highest BCUT2D eigenvalue weighted by molar-refractivity contribution is 5.76. The summed E-state index contributed by atoms with van der Waals surface area (Å²) in [5.41, 5.74) is 2.00. The highest BCUT2D eigenvalue weighted by Crippen LogP contribution is 2.21. The van der Waals surface area contributed by atoms with E-state index in [4.69, 9.17) is 5.11 Å². The van der Waals surface area contributed by atoms with Crippen molar-refractivity contribution >= 4 is 17.0 Å². The fourth-order valence-corrected chi connectivity index (χ4v) is 2.07. The Morgan fingerprint density at radius 1 is 1.41 bits per heavy atom. The van der Waals surface area contributed by atoms with E-state index in [1.165, 1.54) is 0 Å². The molecule has 1 heterocycles. The van der Waals surface area contributed by atoms with Crippen LogP contribution in [0.3, 0.4) is 0 Å². The second-order valence-corrected chi connectivity index (χ2v) is 4.37. The maximum atomic E-state index is 10.6. The average Bonchev–Trinajstić information content (AvgIpc) is 2.64. The quantitative estimate of drug-likeness (QED) is 0.881. The third-order valence-electron chi connectivity index (χ3n) is 2.75. The molecule has 0 unspecified atom stereocenters. The lowest BCUT2D eigenvalue weighted by Gasteiger charge is -2.12. The standard InChI is InChI=1S/C13H16N2O2/c1-9(2)15-11-6-4-3-5-10(11)14-12(15)7-8-13(16)17/h3-6,9H,7-8H2,1-2H3,(H,16,17). The van der Waals surface area contributed by atoms with Crippen molar-refractivity contribution in [1.29, 1.82) is 0 Å². The molecule has 0 atom stereocenters. The first kappa shape index (κ1) is 11.6. The predicted molar refractivity (Wildman–Crippen MR) is 66.1 cm³/mol. The predicted octanol–water partition coefficient (Wildman–Crippen LogP) is 2.63. The van der Waals surface area contributed by atoms with E-state index in [1.54, 1.807) is 0 Å². The van der Waals surface area contributed by atoms with Gasteiger partial charge in [0.15, 0.2) is 0 Å². The minimum absolute atomic E-state index is 0.121. The van der Waals surface area contributed by atoms with Crippen molar-refractivity contribution in [3.8, 4) is 0 Å². The van der Waals surface area contributed by atoms with Gasteiger partial charge in [-0.2, -0.15) is 0 Å². The lowest BCUT2D eigenvalue weighted by Crippen LogP contribution is -2.08. The van der Waals surface area contributed by atoms with Gasteiger partial charge in [-0.15, -0.1) is 0 Å². The van der Waals surface area contributed by atoms with Crippen LogP contribution in [0.2, 0.25) is 0 Å². The van der Waals surface area contributed by atoms with E-state index in [9.17, 15) is 4.79 Å². The van der Waals surface area contributed by atoms with Crippen LogP contribution in [0, 0.1) is 0 Å². The SMILES string of the molecule is CC(C)n1c(CCC(=O)O)nc2ccccc21. The number of rotatable bonds is 4. The molecule has 2 aromatic rings. The molecule has 90 valence electrons. The molecule has 0 fully saturated rings. The molecule has 17 heavy (non-hydrogen) atoms. The number of hydrogen-bond acceptors (Lipinski definition) is 2. The van der Waals surface area contributed by atoms with Gasteiger partial charge in [-0.1, -0.05) is 12.1 Å². The van der Waals surface area contributed by atoms with Crippen LogP contribution in [0.15, 0.2) is 24.3 Å². The summed E-state index contributed by atoms with van der Waals surface area (Å²) in [7, 11) is 0. The van der Waals surface area contributed by atoms with E-state index in [0.29, 0.717) is 6.42 Å². The second kappa shape index (κ2) is 4.57. The maximum absolute atomic E-state index is 10.6. The lowest BCUT2D eigenvalue weighted by molar-refractivity contribution is -0.137. The van der Waals surface area contributed by atoms with Crippen molar-refractivity contribution in [1.82, 2.24) is 9.55 Å². The van der Waals surface area contributed by atoms with E-state index < -0.39 is 5.97 Å². The molecular formula is C13H16N2O2. The monoisotopic (exact) mass is 232 g/mol. The molecule has 4 heteroatoms. The fraction of sp³-hybridized carbons (Fsp3) is 0.385. The third-order valence-corrected chi connectivity index (χ3v) is 2.75. The van der Waals surface area contributed by atoms with Gasteiger partial charge in [-0.3, -0.25) is 4.79 Å². The van der Waals surface area contributed by atoms with Crippen LogP contribution >= 0.6 is 0 Å². The van der Waals surface area contributed by atoms with Crippen LogP contribution in [-0.4, -0.2) is 20.6 Å². The Labute approximate surface area is 99.9 Å². The zero-order chi connectivity index (χ0) is 12.4. The van der Waals surface area contributed by atoms with E-state index in [2.05, 4.69) is 23.4 Å². The summed E-state index contributed by atoms with van der Waals surface area (Å²) in [4.78, 5) is 15.1. The molecule has 1 aromatic carbocycles. The Morgan fingerprint density at radius 3 is 2.76 bits per heavy atom. The molecule has 0 aliphatic carbocycles. The minimum Gasteiger partial charge on any atom is -0.481 e. The van der Waals surface area contributed by atoms with Crippen molar-refractivity contribution in [3.05, 3.63) is 30.1 Å². The molecule has 0 spiro atoms.